The summed E-state index contributed by atoms with van der Waals surface area (Å²) in [5.41, 5.74) is 1.31. The number of carbonyl (C=O) groups excluding carboxylic acids is 2. The molecule has 1 aromatic carbocycles. The number of aliphatic hydroxyl groups excluding tert-OH is 1. The molecular formula is C24H29N3O4S. The fraction of sp³-hybridized carbons (Fsp3) is 0.375. The van der Waals surface area contributed by atoms with Crippen LogP contribution in [0.4, 0.5) is 0 Å². The molecule has 170 valence electrons. The number of benzene rings is 1. The number of rotatable bonds is 10. The first-order chi connectivity index (χ1) is 15.3. The molecule has 0 bridgehead atoms. The number of para-hydroxylation sites is 1. The lowest BCUT2D eigenvalue weighted by Gasteiger charge is -2.28. The molecule has 0 spiro atoms. The Labute approximate surface area is 192 Å². The van der Waals surface area contributed by atoms with Crippen LogP contribution in [-0.2, 0) is 4.79 Å². The first-order valence-electron chi connectivity index (χ1n) is 10.5. The molecule has 2 aromatic rings. The van der Waals surface area contributed by atoms with Crippen molar-refractivity contribution in [3.63, 3.8) is 0 Å². The predicted molar refractivity (Wildman–Crippen MR) is 125 cm³/mol. The Balaban J connectivity index is 2.09. The van der Waals surface area contributed by atoms with E-state index in [4.69, 9.17) is 4.74 Å². The fourth-order valence-electron chi connectivity index (χ4n) is 3.85. The third-order valence-electron chi connectivity index (χ3n) is 5.23. The minimum Gasteiger partial charge on any atom is -0.503 e. The van der Waals surface area contributed by atoms with E-state index in [9.17, 15) is 14.7 Å². The molecule has 1 unspecified atom stereocenters. The van der Waals surface area contributed by atoms with Crippen LogP contribution in [-0.4, -0.2) is 65.4 Å². The Hall–Kier alpha value is -2.97. The summed E-state index contributed by atoms with van der Waals surface area (Å²) in [7, 11) is 3.92. The second kappa shape index (κ2) is 10.1. The van der Waals surface area contributed by atoms with Gasteiger partial charge in [0.25, 0.3) is 5.91 Å². The lowest BCUT2D eigenvalue weighted by molar-refractivity contribution is -0.129. The SMILES string of the molecule is C=CCOc1ccccc1C1C(C(=O)c2sc(C)nc2C)=C(O)C(=O)N1CCCN(C)C. The van der Waals surface area contributed by atoms with Gasteiger partial charge in [0.1, 0.15) is 12.4 Å². The summed E-state index contributed by atoms with van der Waals surface area (Å²) in [6.45, 7) is 8.71. The molecule has 0 saturated heterocycles. The molecule has 3 rings (SSSR count). The molecule has 1 amide bonds. The summed E-state index contributed by atoms with van der Waals surface area (Å²) in [5, 5.41) is 11.6. The van der Waals surface area contributed by atoms with Crippen molar-refractivity contribution in [3.05, 3.63) is 69.4 Å². The Morgan fingerprint density at radius 3 is 2.69 bits per heavy atom. The number of carbonyl (C=O) groups is 2. The van der Waals surface area contributed by atoms with Gasteiger partial charge in [0.05, 0.1) is 27.2 Å². The highest BCUT2D eigenvalue weighted by Gasteiger charge is 2.45. The van der Waals surface area contributed by atoms with Crippen molar-refractivity contribution in [2.24, 2.45) is 0 Å². The summed E-state index contributed by atoms with van der Waals surface area (Å²) in [5.74, 6) is -0.888. The van der Waals surface area contributed by atoms with Crippen molar-refractivity contribution in [2.45, 2.75) is 26.3 Å². The molecule has 0 fully saturated rings. The Morgan fingerprint density at radius 2 is 2.06 bits per heavy atom. The van der Waals surface area contributed by atoms with Crippen molar-refractivity contribution in [1.29, 1.82) is 0 Å². The van der Waals surface area contributed by atoms with Crippen LogP contribution in [0.5, 0.6) is 5.75 Å². The van der Waals surface area contributed by atoms with Gasteiger partial charge in [-0.2, -0.15) is 0 Å². The zero-order valence-corrected chi connectivity index (χ0v) is 19.7. The van der Waals surface area contributed by atoms with Crippen LogP contribution >= 0.6 is 11.3 Å². The number of amides is 1. The van der Waals surface area contributed by atoms with Gasteiger partial charge in [-0.25, -0.2) is 4.98 Å². The van der Waals surface area contributed by atoms with E-state index in [0.717, 1.165) is 11.6 Å². The fourth-order valence-corrected chi connectivity index (χ4v) is 4.72. The third-order valence-corrected chi connectivity index (χ3v) is 6.30. The van der Waals surface area contributed by atoms with Gasteiger partial charge in [-0.15, -0.1) is 11.3 Å². The average molecular weight is 456 g/mol. The Bertz CT molecular complexity index is 1060. The molecule has 1 N–H and O–H groups in total. The number of aromatic nitrogens is 1. The predicted octanol–water partition coefficient (Wildman–Crippen LogP) is 3.85. The Kier molecular flexibility index (Phi) is 7.48. The molecule has 32 heavy (non-hydrogen) atoms. The van der Waals surface area contributed by atoms with Crippen LogP contribution in [0.1, 0.15) is 38.4 Å². The third kappa shape index (κ3) is 4.76. The molecule has 0 aliphatic carbocycles. The maximum Gasteiger partial charge on any atom is 0.290 e. The van der Waals surface area contributed by atoms with E-state index < -0.39 is 17.7 Å². The van der Waals surface area contributed by atoms with E-state index in [2.05, 4.69) is 11.6 Å². The molecule has 1 aliphatic heterocycles. The number of aliphatic hydroxyl groups is 1. The minimum atomic E-state index is -0.750. The molecule has 1 aliphatic rings. The van der Waals surface area contributed by atoms with E-state index in [1.54, 1.807) is 24.0 Å². The van der Waals surface area contributed by atoms with Gasteiger partial charge in [-0.05, 0) is 47.0 Å². The quantitative estimate of drug-likeness (QED) is 0.433. The summed E-state index contributed by atoms with van der Waals surface area (Å²) >= 11 is 1.26. The highest BCUT2D eigenvalue weighted by Crippen LogP contribution is 2.43. The number of aryl methyl sites for hydroxylation is 2. The van der Waals surface area contributed by atoms with Gasteiger partial charge in [0, 0.05) is 12.1 Å². The second-order valence-corrected chi connectivity index (χ2v) is 9.14. The molecule has 7 nitrogen and oxygen atoms in total. The number of Topliss-reactive ketones (excluding diaryl/α,β-unsaturated/α-hetero) is 1. The number of ether oxygens (including phenoxy) is 1. The number of ketones is 1. The van der Waals surface area contributed by atoms with Crippen molar-refractivity contribution in [2.75, 3.05) is 33.8 Å². The van der Waals surface area contributed by atoms with E-state index >= 15 is 0 Å². The summed E-state index contributed by atoms with van der Waals surface area (Å²) in [6.07, 6.45) is 2.33. The van der Waals surface area contributed by atoms with Gasteiger partial charge < -0.3 is 19.6 Å². The standard InChI is InChI=1S/C24H29N3O4S/c1-6-14-31-18-11-8-7-10-17(18)20-19(21(28)23-15(2)25-16(3)32-23)22(29)24(30)27(20)13-9-12-26(4)5/h6-8,10-11,20,29H,1,9,12-14H2,2-5H3. The van der Waals surface area contributed by atoms with Crippen LogP contribution in [0.2, 0.25) is 0 Å². The maximum atomic E-state index is 13.6. The van der Waals surface area contributed by atoms with Crippen LogP contribution in [0.3, 0.4) is 0 Å². The number of hydrogen-bond donors (Lipinski definition) is 1. The number of hydrogen-bond acceptors (Lipinski definition) is 7. The summed E-state index contributed by atoms with van der Waals surface area (Å²) in [6, 6.07) is 6.53. The number of thiazole rings is 1. The molecule has 0 radical (unpaired) electrons. The van der Waals surface area contributed by atoms with Gasteiger partial charge in [-0.3, -0.25) is 9.59 Å². The highest BCUT2D eigenvalue weighted by molar-refractivity contribution is 7.14. The van der Waals surface area contributed by atoms with E-state index in [1.807, 2.05) is 44.1 Å². The lowest BCUT2D eigenvalue weighted by Crippen LogP contribution is -2.33. The van der Waals surface area contributed by atoms with Crippen molar-refractivity contribution in [1.82, 2.24) is 14.8 Å². The van der Waals surface area contributed by atoms with Crippen LogP contribution in [0, 0.1) is 13.8 Å². The Morgan fingerprint density at radius 1 is 1.34 bits per heavy atom. The zero-order chi connectivity index (χ0) is 23.4. The zero-order valence-electron chi connectivity index (χ0n) is 18.9. The molecule has 1 aromatic heterocycles. The van der Waals surface area contributed by atoms with Crippen molar-refractivity contribution >= 4 is 23.0 Å². The van der Waals surface area contributed by atoms with Gasteiger partial charge in [-0.1, -0.05) is 30.9 Å². The maximum absolute atomic E-state index is 13.6. The van der Waals surface area contributed by atoms with Crippen LogP contribution < -0.4 is 4.74 Å². The second-order valence-electron chi connectivity index (χ2n) is 7.93. The minimum absolute atomic E-state index is 0.0706. The molecule has 8 heteroatoms. The topological polar surface area (TPSA) is 83.0 Å². The monoisotopic (exact) mass is 455 g/mol. The van der Waals surface area contributed by atoms with Crippen LogP contribution in [0.15, 0.2) is 48.3 Å². The summed E-state index contributed by atoms with van der Waals surface area (Å²) in [4.78, 5) is 35.1. The molecular weight excluding hydrogens is 426 g/mol. The molecule has 2 heterocycles. The first-order valence-corrected chi connectivity index (χ1v) is 11.3. The van der Waals surface area contributed by atoms with E-state index in [0.29, 0.717) is 34.8 Å². The smallest absolute Gasteiger partial charge is 0.290 e. The summed E-state index contributed by atoms with van der Waals surface area (Å²) < 4.78 is 5.83. The highest BCUT2D eigenvalue weighted by atomic mass is 32.1. The van der Waals surface area contributed by atoms with Gasteiger partial charge in [0.2, 0.25) is 5.78 Å². The van der Waals surface area contributed by atoms with Crippen molar-refractivity contribution < 1.29 is 19.4 Å². The van der Waals surface area contributed by atoms with Crippen molar-refractivity contribution in [3.8, 4) is 5.75 Å². The molecule has 0 saturated carbocycles. The van der Waals surface area contributed by atoms with Gasteiger partial charge >= 0.3 is 0 Å². The number of nitrogens with zero attached hydrogens (tertiary/aromatic N) is 3. The van der Waals surface area contributed by atoms with E-state index in [1.165, 1.54) is 11.3 Å². The average Bonchev–Trinajstić information content (AvgIpc) is 3.22. The van der Waals surface area contributed by atoms with E-state index in [-0.39, 0.29) is 18.0 Å². The lowest BCUT2D eigenvalue weighted by atomic mass is 9.94. The normalized spacial score (nSPS) is 16.2. The first kappa shape index (κ1) is 23.7. The van der Waals surface area contributed by atoms with Gasteiger partial charge in [0.15, 0.2) is 5.76 Å². The largest absolute Gasteiger partial charge is 0.503 e. The molecule has 1 atom stereocenters. The van der Waals surface area contributed by atoms with Crippen LogP contribution in [0.25, 0.3) is 0 Å².